The number of aromatic nitrogens is 1. The van der Waals surface area contributed by atoms with Gasteiger partial charge in [-0.2, -0.15) is 0 Å². The predicted octanol–water partition coefficient (Wildman–Crippen LogP) is 2.01. The first-order valence-electron chi connectivity index (χ1n) is 5.90. The summed E-state index contributed by atoms with van der Waals surface area (Å²) in [5, 5.41) is 6.69. The van der Waals surface area contributed by atoms with E-state index in [0.717, 1.165) is 18.7 Å². The summed E-state index contributed by atoms with van der Waals surface area (Å²) in [5.41, 5.74) is 1.12. The van der Waals surface area contributed by atoms with Crippen LogP contribution in [-0.4, -0.2) is 30.8 Å². The SMILES string of the molecule is CNC(Cc1nc(C)cs1)C1OCCC1C. The van der Waals surface area contributed by atoms with Gasteiger partial charge in [-0.1, -0.05) is 6.92 Å². The van der Waals surface area contributed by atoms with Gasteiger partial charge < -0.3 is 10.1 Å². The van der Waals surface area contributed by atoms with E-state index in [1.54, 1.807) is 11.3 Å². The zero-order chi connectivity index (χ0) is 11.5. The summed E-state index contributed by atoms with van der Waals surface area (Å²) >= 11 is 1.75. The molecule has 1 N–H and O–H groups in total. The second-order valence-corrected chi connectivity index (χ2v) is 5.53. The van der Waals surface area contributed by atoms with Crippen LogP contribution in [-0.2, 0) is 11.2 Å². The lowest BCUT2D eigenvalue weighted by Gasteiger charge is -2.24. The zero-order valence-corrected chi connectivity index (χ0v) is 11.0. The first kappa shape index (κ1) is 12.0. The van der Waals surface area contributed by atoms with Crippen LogP contribution in [0, 0.1) is 12.8 Å². The fourth-order valence-electron chi connectivity index (χ4n) is 2.30. The fourth-order valence-corrected chi connectivity index (χ4v) is 3.13. The second-order valence-electron chi connectivity index (χ2n) is 4.58. The molecule has 1 aliphatic heterocycles. The Hall–Kier alpha value is -0.450. The molecule has 0 saturated carbocycles. The minimum Gasteiger partial charge on any atom is -0.376 e. The van der Waals surface area contributed by atoms with Crippen LogP contribution in [0.15, 0.2) is 5.38 Å². The van der Waals surface area contributed by atoms with Gasteiger partial charge in [-0.05, 0) is 26.3 Å². The molecule has 90 valence electrons. The van der Waals surface area contributed by atoms with Gasteiger partial charge in [0.15, 0.2) is 0 Å². The third-order valence-electron chi connectivity index (χ3n) is 3.27. The number of nitrogens with zero attached hydrogens (tertiary/aromatic N) is 1. The molecule has 2 rings (SSSR count). The fraction of sp³-hybridized carbons (Fsp3) is 0.750. The maximum absolute atomic E-state index is 5.81. The molecule has 4 heteroatoms. The number of likely N-dealkylation sites (N-methyl/N-ethyl adjacent to an activating group) is 1. The van der Waals surface area contributed by atoms with E-state index in [2.05, 4.69) is 22.6 Å². The van der Waals surface area contributed by atoms with Gasteiger partial charge in [-0.15, -0.1) is 11.3 Å². The Morgan fingerprint density at radius 3 is 3.00 bits per heavy atom. The van der Waals surface area contributed by atoms with Gasteiger partial charge in [-0.25, -0.2) is 4.98 Å². The van der Waals surface area contributed by atoms with E-state index in [-0.39, 0.29) is 0 Å². The van der Waals surface area contributed by atoms with Crippen LogP contribution < -0.4 is 5.32 Å². The molecule has 16 heavy (non-hydrogen) atoms. The van der Waals surface area contributed by atoms with Gasteiger partial charge in [0.05, 0.1) is 11.1 Å². The van der Waals surface area contributed by atoms with Crippen molar-refractivity contribution in [2.75, 3.05) is 13.7 Å². The van der Waals surface area contributed by atoms with E-state index in [9.17, 15) is 0 Å². The molecule has 0 aliphatic carbocycles. The lowest BCUT2D eigenvalue weighted by Crippen LogP contribution is -2.41. The molecule has 0 aromatic carbocycles. The van der Waals surface area contributed by atoms with Crippen LogP contribution in [0.4, 0.5) is 0 Å². The molecule has 0 spiro atoms. The molecular weight excluding hydrogens is 220 g/mol. The molecule has 0 radical (unpaired) electrons. The quantitative estimate of drug-likeness (QED) is 0.874. The number of nitrogens with one attached hydrogen (secondary N) is 1. The van der Waals surface area contributed by atoms with Crippen LogP contribution in [0.1, 0.15) is 24.0 Å². The number of thiazole rings is 1. The summed E-state index contributed by atoms with van der Waals surface area (Å²) in [5.74, 6) is 0.651. The normalized spacial score (nSPS) is 27.2. The lowest BCUT2D eigenvalue weighted by atomic mass is 9.96. The van der Waals surface area contributed by atoms with E-state index in [0.29, 0.717) is 18.1 Å². The zero-order valence-electron chi connectivity index (χ0n) is 10.2. The highest BCUT2D eigenvalue weighted by molar-refractivity contribution is 7.09. The highest BCUT2D eigenvalue weighted by Crippen LogP contribution is 2.25. The smallest absolute Gasteiger partial charge is 0.0944 e. The van der Waals surface area contributed by atoms with Crippen molar-refractivity contribution < 1.29 is 4.74 Å². The van der Waals surface area contributed by atoms with Crippen LogP contribution in [0.25, 0.3) is 0 Å². The Labute approximate surface area is 101 Å². The first-order chi connectivity index (χ1) is 7.70. The van der Waals surface area contributed by atoms with Crippen LogP contribution in [0.3, 0.4) is 0 Å². The van der Waals surface area contributed by atoms with E-state index in [1.807, 2.05) is 14.0 Å². The summed E-state index contributed by atoms with van der Waals surface area (Å²) < 4.78 is 5.81. The molecule has 1 aromatic rings. The predicted molar refractivity (Wildman–Crippen MR) is 66.9 cm³/mol. The van der Waals surface area contributed by atoms with E-state index in [1.165, 1.54) is 11.4 Å². The number of hydrogen-bond donors (Lipinski definition) is 1. The highest BCUT2D eigenvalue weighted by atomic mass is 32.1. The number of ether oxygens (including phenoxy) is 1. The Morgan fingerprint density at radius 2 is 2.50 bits per heavy atom. The molecule has 2 heterocycles. The van der Waals surface area contributed by atoms with Crippen molar-refractivity contribution in [3.05, 3.63) is 16.1 Å². The van der Waals surface area contributed by atoms with Crippen molar-refractivity contribution in [1.82, 2.24) is 10.3 Å². The maximum Gasteiger partial charge on any atom is 0.0944 e. The van der Waals surface area contributed by atoms with Gasteiger partial charge >= 0.3 is 0 Å². The molecule has 0 bridgehead atoms. The topological polar surface area (TPSA) is 34.2 Å². The van der Waals surface area contributed by atoms with Gasteiger partial charge in [0.2, 0.25) is 0 Å². The Balaban J connectivity index is 2.00. The largest absolute Gasteiger partial charge is 0.376 e. The minimum atomic E-state index is 0.342. The van der Waals surface area contributed by atoms with Crippen LogP contribution in [0.5, 0.6) is 0 Å². The summed E-state index contributed by atoms with van der Waals surface area (Å²) in [6.45, 7) is 5.22. The Kier molecular flexibility index (Phi) is 3.95. The van der Waals surface area contributed by atoms with Crippen molar-refractivity contribution in [3.8, 4) is 0 Å². The average molecular weight is 240 g/mol. The van der Waals surface area contributed by atoms with Gasteiger partial charge in [0.25, 0.3) is 0 Å². The summed E-state index contributed by atoms with van der Waals surface area (Å²) in [6.07, 6.45) is 2.50. The van der Waals surface area contributed by atoms with Crippen LogP contribution in [0.2, 0.25) is 0 Å². The third-order valence-corrected chi connectivity index (χ3v) is 4.26. The van der Waals surface area contributed by atoms with Gasteiger partial charge in [0, 0.05) is 30.1 Å². The monoisotopic (exact) mass is 240 g/mol. The molecular formula is C12H20N2OS. The van der Waals surface area contributed by atoms with E-state index >= 15 is 0 Å². The second kappa shape index (κ2) is 5.25. The number of rotatable bonds is 4. The van der Waals surface area contributed by atoms with Crippen LogP contribution >= 0.6 is 11.3 Å². The minimum absolute atomic E-state index is 0.342. The maximum atomic E-state index is 5.81. The lowest BCUT2D eigenvalue weighted by molar-refractivity contribution is 0.0634. The van der Waals surface area contributed by atoms with Crippen molar-refractivity contribution in [2.45, 2.75) is 38.8 Å². The number of aryl methyl sites for hydroxylation is 1. The molecule has 3 atom stereocenters. The molecule has 1 saturated heterocycles. The Morgan fingerprint density at radius 1 is 1.69 bits per heavy atom. The third kappa shape index (κ3) is 2.62. The summed E-state index contributed by atoms with van der Waals surface area (Å²) in [4.78, 5) is 4.52. The average Bonchev–Trinajstić information content (AvgIpc) is 2.84. The summed E-state index contributed by atoms with van der Waals surface area (Å²) in [7, 11) is 2.01. The molecule has 0 amide bonds. The van der Waals surface area contributed by atoms with Gasteiger partial charge in [0.1, 0.15) is 0 Å². The molecule has 3 nitrogen and oxygen atoms in total. The van der Waals surface area contributed by atoms with Gasteiger partial charge in [-0.3, -0.25) is 0 Å². The van der Waals surface area contributed by atoms with E-state index < -0.39 is 0 Å². The Bertz CT molecular complexity index is 340. The highest BCUT2D eigenvalue weighted by Gasteiger charge is 2.31. The van der Waals surface area contributed by atoms with E-state index in [4.69, 9.17) is 4.74 Å². The van der Waals surface area contributed by atoms with Crippen molar-refractivity contribution in [2.24, 2.45) is 5.92 Å². The standard InChI is InChI=1S/C12H20N2OS/c1-8-4-5-15-12(8)10(13-3)6-11-14-9(2)7-16-11/h7-8,10,12-13H,4-6H2,1-3H3. The first-order valence-corrected chi connectivity index (χ1v) is 6.78. The molecule has 1 aliphatic rings. The van der Waals surface area contributed by atoms with Crippen molar-refractivity contribution >= 4 is 11.3 Å². The molecule has 1 fully saturated rings. The molecule has 1 aromatic heterocycles. The number of hydrogen-bond acceptors (Lipinski definition) is 4. The summed E-state index contributed by atoms with van der Waals surface area (Å²) in [6, 6.07) is 0.392. The van der Waals surface area contributed by atoms with Crippen molar-refractivity contribution in [3.63, 3.8) is 0 Å². The van der Waals surface area contributed by atoms with Crippen molar-refractivity contribution in [1.29, 1.82) is 0 Å². The molecule has 3 unspecified atom stereocenters.